The summed E-state index contributed by atoms with van der Waals surface area (Å²) in [6.45, 7) is 0.508. The van der Waals surface area contributed by atoms with Gasteiger partial charge in [0.25, 0.3) is 9.84 Å². The zero-order valence-electron chi connectivity index (χ0n) is 12.5. The number of sulfone groups is 1. The first-order valence-corrected chi connectivity index (χ1v) is 8.65. The molecule has 5 nitrogen and oxygen atoms in total. The van der Waals surface area contributed by atoms with Crippen molar-refractivity contribution >= 4 is 21.4 Å². The van der Waals surface area contributed by atoms with Gasteiger partial charge in [-0.25, -0.2) is 12.8 Å². The summed E-state index contributed by atoms with van der Waals surface area (Å²) in [6, 6.07) is 2.33. The van der Waals surface area contributed by atoms with Crippen LogP contribution in [0.25, 0.3) is 0 Å². The number of hydrogen-bond acceptors (Lipinski definition) is 4. The number of rotatable bonds is 4. The van der Waals surface area contributed by atoms with E-state index in [-0.39, 0.29) is 31.1 Å². The van der Waals surface area contributed by atoms with Crippen LogP contribution in [0.3, 0.4) is 0 Å². The van der Waals surface area contributed by atoms with Crippen LogP contribution in [0.15, 0.2) is 23.1 Å². The van der Waals surface area contributed by atoms with Gasteiger partial charge in [0.1, 0.15) is 10.7 Å². The molecule has 0 atom stereocenters. The molecule has 0 saturated carbocycles. The molecule has 0 spiro atoms. The molecule has 134 valence electrons. The van der Waals surface area contributed by atoms with Gasteiger partial charge in [0.15, 0.2) is 0 Å². The molecule has 10 heteroatoms. The van der Waals surface area contributed by atoms with Crippen LogP contribution in [-0.2, 0) is 14.6 Å². The molecular formula is C14H16F4N2O3S. The number of piperidine rings is 1. The Balaban J connectivity index is 2.31. The van der Waals surface area contributed by atoms with Gasteiger partial charge in [-0.15, -0.1) is 0 Å². The van der Waals surface area contributed by atoms with Crippen molar-refractivity contribution in [1.82, 2.24) is 0 Å². The number of halogens is 4. The lowest BCUT2D eigenvalue weighted by atomic mass is 9.93. The lowest BCUT2D eigenvalue weighted by Crippen LogP contribution is -2.36. The molecule has 1 fully saturated rings. The van der Waals surface area contributed by atoms with Crippen molar-refractivity contribution in [2.24, 2.45) is 11.7 Å². The van der Waals surface area contributed by atoms with Crippen LogP contribution in [0, 0.1) is 11.7 Å². The molecule has 0 aliphatic carbocycles. The first-order valence-electron chi connectivity index (χ1n) is 7.16. The van der Waals surface area contributed by atoms with E-state index in [1.54, 1.807) is 0 Å². The highest BCUT2D eigenvalue weighted by Gasteiger charge is 2.48. The largest absolute Gasteiger partial charge is 0.501 e. The van der Waals surface area contributed by atoms with Crippen LogP contribution in [-0.4, -0.2) is 32.9 Å². The SMILES string of the molecule is NC(=O)CC1CCN(c2ccc(F)cc2S(=O)(=O)C(F)(F)F)CC1. The number of hydrogen-bond donors (Lipinski definition) is 1. The van der Waals surface area contributed by atoms with E-state index in [4.69, 9.17) is 5.73 Å². The molecule has 0 unspecified atom stereocenters. The van der Waals surface area contributed by atoms with Gasteiger partial charge < -0.3 is 10.6 Å². The van der Waals surface area contributed by atoms with E-state index in [9.17, 15) is 30.8 Å². The highest BCUT2D eigenvalue weighted by molar-refractivity contribution is 7.92. The van der Waals surface area contributed by atoms with Gasteiger partial charge in [-0.05, 0) is 37.0 Å². The summed E-state index contributed by atoms with van der Waals surface area (Å²) >= 11 is 0. The first kappa shape index (κ1) is 18.5. The third-order valence-corrected chi connectivity index (χ3v) is 5.48. The fourth-order valence-electron chi connectivity index (χ4n) is 2.75. The minimum absolute atomic E-state index is 0.00173. The minimum atomic E-state index is -5.67. The van der Waals surface area contributed by atoms with Crippen molar-refractivity contribution < 1.29 is 30.8 Å². The fourth-order valence-corrected chi connectivity index (χ4v) is 3.74. The van der Waals surface area contributed by atoms with Gasteiger partial charge in [0.2, 0.25) is 5.91 Å². The quantitative estimate of drug-likeness (QED) is 0.827. The standard InChI is InChI=1S/C14H16F4N2O3S/c15-10-1-2-11(12(8-10)24(22,23)14(16,17)18)20-5-3-9(4-6-20)7-13(19)21/h1-2,8-9H,3-7H2,(H2,19,21). The van der Waals surface area contributed by atoms with Gasteiger partial charge in [-0.1, -0.05) is 0 Å². The van der Waals surface area contributed by atoms with Crippen molar-refractivity contribution in [2.75, 3.05) is 18.0 Å². The zero-order valence-corrected chi connectivity index (χ0v) is 13.3. The fraction of sp³-hybridized carbons (Fsp3) is 0.500. The number of anilines is 1. The number of alkyl halides is 3. The smallest absolute Gasteiger partial charge is 0.370 e. The highest BCUT2D eigenvalue weighted by atomic mass is 32.2. The molecule has 0 radical (unpaired) electrons. The zero-order chi connectivity index (χ0) is 18.1. The molecule has 0 bridgehead atoms. The average molecular weight is 368 g/mol. The average Bonchev–Trinajstić information content (AvgIpc) is 2.46. The number of amides is 1. The summed E-state index contributed by atoms with van der Waals surface area (Å²) in [5, 5.41) is 0. The maximum atomic E-state index is 13.3. The Bertz CT molecular complexity index is 726. The van der Waals surface area contributed by atoms with Crippen molar-refractivity contribution in [1.29, 1.82) is 0 Å². The number of nitrogens with two attached hydrogens (primary N) is 1. The number of primary amides is 1. The van der Waals surface area contributed by atoms with E-state index in [1.807, 2.05) is 0 Å². The van der Waals surface area contributed by atoms with Crippen molar-refractivity contribution in [3.8, 4) is 0 Å². The van der Waals surface area contributed by atoms with Crippen molar-refractivity contribution in [2.45, 2.75) is 29.7 Å². The van der Waals surface area contributed by atoms with Crippen LogP contribution in [0.4, 0.5) is 23.2 Å². The number of carbonyl (C=O) groups is 1. The first-order chi connectivity index (χ1) is 11.0. The van der Waals surface area contributed by atoms with E-state index < -0.39 is 32.0 Å². The van der Waals surface area contributed by atoms with Gasteiger partial charge in [-0.2, -0.15) is 13.2 Å². The summed E-state index contributed by atoms with van der Waals surface area (Å²) in [6.07, 6.45) is 1.13. The molecule has 1 heterocycles. The highest BCUT2D eigenvalue weighted by Crippen LogP contribution is 2.37. The second kappa shape index (κ2) is 6.58. The summed E-state index contributed by atoms with van der Waals surface area (Å²) in [7, 11) is -5.67. The molecular weight excluding hydrogens is 352 g/mol. The van der Waals surface area contributed by atoms with E-state index in [0.717, 1.165) is 12.1 Å². The second-order valence-corrected chi connectivity index (χ2v) is 7.57. The van der Waals surface area contributed by atoms with E-state index in [2.05, 4.69) is 0 Å². The number of nitrogens with zero attached hydrogens (tertiary/aromatic N) is 1. The second-order valence-electron chi connectivity index (χ2n) is 5.66. The lowest BCUT2D eigenvalue weighted by molar-refractivity contribution is -0.119. The van der Waals surface area contributed by atoms with E-state index >= 15 is 0 Å². The monoisotopic (exact) mass is 368 g/mol. The third kappa shape index (κ3) is 3.80. The Kier molecular flexibility index (Phi) is 5.07. The van der Waals surface area contributed by atoms with Gasteiger partial charge in [-0.3, -0.25) is 4.79 Å². The molecule has 2 N–H and O–H groups in total. The Morgan fingerprint density at radius 1 is 1.25 bits per heavy atom. The summed E-state index contributed by atoms with van der Waals surface area (Å²) < 4.78 is 75.2. The van der Waals surface area contributed by atoms with Gasteiger partial charge in [0.05, 0.1) is 5.69 Å². The minimum Gasteiger partial charge on any atom is -0.370 e. The molecule has 1 amide bonds. The third-order valence-electron chi connectivity index (χ3n) is 3.96. The predicted octanol–water partition coefficient (Wildman–Crippen LogP) is 2.21. The lowest BCUT2D eigenvalue weighted by Gasteiger charge is -2.34. The predicted molar refractivity (Wildman–Crippen MR) is 78.4 cm³/mol. The van der Waals surface area contributed by atoms with E-state index in [1.165, 1.54) is 4.90 Å². The molecule has 1 aliphatic rings. The van der Waals surface area contributed by atoms with Crippen LogP contribution >= 0.6 is 0 Å². The Morgan fingerprint density at radius 2 is 1.83 bits per heavy atom. The van der Waals surface area contributed by atoms with Crippen LogP contribution in [0.5, 0.6) is 0 Å². The number of carbonyl (C=O) groups excluding carboxylic acids is 1. The number of benzene rings is 1. The van der Waals surface area contributed by atoms with E-state index in [0.29, 0.717) is 18.9 Å². The van der Waals surface area contributed by atoms with Crippen LogP contribution < -0.4 is 10.6 Å². The molecule has 1 saturated heterocycles. The Hall–Kier alpha value is -1.84. The van der Waals surface area contributed by atoms with Crippen molar-refractivity contribution in [3.63, 3.8) is 0 Å². The van der Waals surface area contributed by atoms with Crippen LogP contribution in [0.2, 0.25) is 0 Å². The normalized spacial score (nSPS) is 17.1. The van der Waals surface area contributed by atoms with Crippen molar-refractivity contribution in [3.05, 3.63) is 24.0 Å². The molecule has 1 aromatic carbocycles. The molecule has 1 aromatic rings. The molecule has 24 heavy (non-hydrogen) atoms. The maximum Gasteiger partial charge on any atom is 0.501 e. The summed E-state index contributed by atoms with van der Waals surface area (Å²) in [5.41, 5.74) is -0.586. The summed E-state index contributed by atoms with van der Waals surface area (Å²) in [4.78, 5) is 11.3. The topological polar surface area (TPSA) is 80.5 Å². The molecule has 0 aromatic heterocycles. The Morgan fingerprint density at radius 3 is 2.33 bits per heavy atom. The Labute approximate surface area is 136 Å². The summed E-state index contributed by atoms with van der Waals surface area (Å²) in [5.74, 6) is -1.53. The molecule has 1 aliphatic heterocycles. The van der Waals surface area contributed by atoms with Gasteiger partial charge in [0, 0.05) is 19.5 Å². The molecule has 2 rings (SSSR count). The maximum absolute atomic E-state index is 13.3. The van der Waals surface area contributed by atoms with Gasteiger partial charge >= 0.3 is 5.51 Å². The van der Waals surface area contributed by atoms with Crippen LogP contribution in [0.1, 0.15) is 19.3 Å².